The molecule has 1 aromatic heterocycles. The normalized spacial score (nSPS) is 10.6. The lowest BCUT2D eigenvalue weighted by Gasteiger charge is -2.11. The Morgan fingerprint density at radius 2 is 1.48 bits per heavy atom. The van der Waals surface area contributed by atoms with Crippen LogP contribution in [0.25, 0.3) is 22.4 Å². The third-order valence-electron chi connectivity index (χ3n) is 3.71. The lowest BCUT2D eigenvalue weighted by molar-refractivity contribution is 1.32. The molecule has 0 aliphatic carbocycles. The third kappa shape index (κ3) is 2.65. The number of pyridine rings is 1. The minimum absolute atomic E-state index is 0.734. The van der Waals surface area contributed by atoms with Crippen molar-refractivity contribution in [3.63, 3.8) is 0 Å². The number of hydrogen-bond acceptors (Lipinski definition) is 2. The molecular formula is C19H18N2. The fourth-order valence-electron chi connectivity index (χ4n) is 2.71. The molecule has 2 N–H and O–H groups in total. The van der Waals surface area contributed by atoms with Crippen LogP contribution in [0.3, 0.4) is 0 Å². The maximum atomic E-state index is 5.85. The smallest absolute Gasteiger partial charge is 0.0722 e. The van der Waals surface area contributed by atoms with Gasteiger partial charge in [0.1, 0.15) is 0 Å². The van der Waals surface area contributed by atoms with Crippen LogP contribution in [0.5, 0.6) is 0 Å². The van der Waals surface area contributed by atoms with Crippen LogP contribution in [0.1, 0.15) is 11.1 Å². The largest absolute Gasteiger partial charge is 0.399 e. The topological polar surface area (TPSA) is 38.9 Å². The Labute approximate surface area is 125 Å². The highest BCUT2D eigenvalue weighted by Gasteiger charge is 2.07. The summed E-state index contributed by atoms with van der Waals surface area (Å²) >= 11 is 0. The van der Waals surface area contributed by atoms with Crippen molar-refractivity contribution >= 4 is 5.69 Å². The molecule has 104 valence electrons. The van der Waals surface area contributed by atoms with Crippen molar-refractivity contribution < 1.29 is 0 Å². The monoisotopic (exact) mass is 274 g/mol. The van der Waals surface area contributed by atoms with E-state index in [1.165, 1.54) is 22.3 Å². The molecule has 0 radical (unpaired) electrons. The van der Waals surface area contributed by atoms with E-state index in [0.29, 0.717) is 0 Å². The molecule has 2 nitrogen and oxygen atoms in total. The number of benzene rings is 2. The van der Waals surface area contributed by atoms with E-state index < -0.39 is 0 Å². The molecule has 0 saturated heterocycles. The van der Waals surface area contributed by atoms with Gasteiger partial charge in [-0.25, -0.2) is 0 Å². The first-order chi connectivity index (χ1) is 10.1. The maximum Gasteiger partial charge on any atom is 0.0722 e. The van der Waals surface area contributed by atoms with Crippen LogP contribution in [0.15, 0.2) is 60.8 Å². The molecule has 0 spiro atoms. The van der Waals surface area contributed by atoms with Crippen LogP contribution in [-0.2, 0) is 0 Å². The second-order valence-corrected chi connectivity index (χ2v) is 5.32. The summed E-state index contributed by atoms with van der Waals surface area (Å²) in [6.07, 6.45) is 1.75. The molecule has 0 bridgehead atoms. The predicted molar refractivity (Wildman–Crippen MR) is 89.0 cm³/mol. The van der Waals surface area contributed by atoms with Gasteiger partial charge in [0.05, 0.1) is 5.69 Å². The average Bonchev–Trinajstić information content (AvgIpc) is 2.47. The summed E-state index contributed by atoms with van der Waals surface area (Å²) in [6, 6.07) is 18.6. The number of rotatable bonds is 2. The number of anilines is 1. The van der Waals surface area contributed by atoms with Crippen molar-refractivity contribution in [1.82, 2.24) is 4.98 Å². The molecule has 3 aromatic rings. The molecule has 0 aliphatic heterocycles. The van der Waals surface area contributed by atoms with Crippen LogP contribution < -0.4 is 5.73 Å². The van der Waals surface area contributed by atoms with Gasteiger partial charge in [0.2, 0.25) is 0 Å². The number of aryl methyl sites for hydroxylation is 2. The number of hydrogen-bond donors (Lipinski definition) is 1. The van der Waals surface area contributed by atoms with E-state index in [-0.39, 0.29) is 0 Å². The van der Waals surface area contributed by atoms with Gasteiger partial charge in [-0.3, -0.25) is 4.98 Å². The fourth-order valence-corrected chi connectivity index (χ4v) is 2.71. The number of nitrogen functional groups attached to an aromatic ring is 1. The molecular weight excluding hydrogens is 256 g/mol. The lowest BCUT2D eigenvalue weighted by atomic mass is 9.94. The highest BCUT2D eigenvalue weighted by Crippen LogP contribution is 2.30. The summed E-state index contributed by atoms with van der Waals surface area (Å²) in [6.45, 7) is 4.29. The van der Waals surface area contributed by atoms with Gasteiger partial charge in [0, 0.05) is 17.4 Å². The molecule has 2 heteroatoms. The van der Waals surface area contributed by atoms with E-state index >= 15 is 0 Å². The van der Waals surface area contributed by atoms with Crippen LogP contribution >= 0.6 is 0 Å². The molecule has 2 aromatic carbocycles. The zero-order chi connectivity index (χ0) is 14.8. The van der Waals surface area contributed by atoms with Crippen molar-refractivity contribution in [3.8, 4) is 22.4 Å². The van der Waals surface area contributed by atoms with E-state index in [4.69, 9.17) is 5.73 Å². The number of aromatic nitrogens is 1. The first-order valence-corrected chi connectivity index (χ1v) is 7.04. The quantitative estimate of drug-likeness (QED) is 0.741. The Balaban J connectivity index is 2.13. The summed E-state index contributed by atoms with van der Waals surface area (Å²) in [5.41, 5.74) is 13.7. The van der Waals surface area contributed by atoms with Gasteiger partial charge in [-0.15, -0.1) is 0 Å². The highest BCUT2D eigenvalue weighted by atomic mass is 14.7. The minimum Gasteiger partial charge on any atom is -0.399 e. The van der Waals surface area contributed by atoms with Crippen LogP contribution in [0.4, 0.5) is 5.69 Å². The Bertz CT molecular complexity index is 771. The Morgan fingerprint density at radius 1 is 0.810 bits per heavy atom. The standard InChI is InChI=1S/C19H18N2/c1-13-5-3-6-14(2)19(13)16-8-4-7-15(11-16)18-12-17(20)9-10-21-18/h3-12H,1-2H3,(H2,20,21). The van der Waals surface area contributed by atoms with Gasteiger partial charge in [-0.05, 0) is 54.3 Å². The zero-order valence-electron chi connectivity index (χ0n) is 12.3. The fraction of sp³-hybridized carbons (Fsp3) is 0.105. The second-order valence-electron chi connectivity index (χ2n) is 5.32. The highest BCUT2D eigenvalue weighted by molar-refractivity contribution is 5.76. The summed E-state index contributed by atoms with van der Waals surface area (Å²) in [5.74, 6) is 0. The molecule has 1 heterocycles. The summed E-state index contributed by atoms with van der Waals surface area (Å²) < 4.78 is 0. The van der Waals surface area contributed by atoms with Gasteiger partial charge in [-0.1, -0.05) is 36.4 Å². The Kier molecular flexibility index (Phi) is 3.44. The maximum absolute atomic E-state index is 5.85. The van der Waals surface area contributed by atoms with Crippen LogP contribution in [0.2, 0.25) is 0 Å². The molecule has 0 fully saturated rings. The van der Waals surface area contributed by atoms with E-state index in [0.717, 1.165) is 16.9 Å². The van der Waals surface area contributed by atoms with Gasteiger partial charge < -0.3 is 5.73 Å². The molecule has 0 amide bonds. The van der Waals surface area contributed by atoms with Crippen molar-refractivity contribution in [1.29, 1.82) is 0 Å². The molecule has 3 rings (SSSR count). The van der Waals surface area contributed by atoms with Crippen LogP contribution in [-0.4, -0.2) is 4.98 Å². The Morgan fingerprint density at radius 3 is 2.19 bits per heavy atom. The summed E-state index contributed by atoms with van der Waals surface area (Å²) in [4.78, 5) is 4.41. The van der Waals surface area contributed by atoms with Gasteiger partial charge in [0.25, 0.3) is 0 Å². The van der Waals surface area contributed by atoms with Crippen molar-refractivity contribution in [2.45, 2.75) is 13.8 Å². The van der Waals surface area contributed by atoms with E-state index in [9.17, 15) is 0 Å². The van der Waals surface area contributed by atoms with Crippen molar-refractivity contribution in [2.75, 3.05) is 5.73 Å². The van der Waals surface area contributed by atoms with E-state index in [1.54, 1.807) is 12.3 Å². The van der Waals surface area contributed by atoms with Crippen molar-refractivity contribution in [3.05, 3.63) is 71.9 Å². The van der Waals surface area contributed by atoms with Gasteiger partial charge in [-0.2, -0.15) is 0 Å². The van der Waals surface area contributed by atoms with Crippen molar-refractivity contribution in [2.24, 2.45) is 0 Å². The zero-order valence-corrected chi connectivity index (χ0v) is 12.3. The molecule has 21 heavy (non-hydrogen) atoms. The molecule has 0 atom stereocenters. The minimum atomic E-state index is 0.734. The average molecular weight is 274 g/mol. The third-order valence-corrected chi connectivity index (χ3v) is 3.71. The van der Waals surface area contributed by atoms with Gasteiger partial charge >= 0.3 is 0 Å². The van der Waals surface area contributed by atoms with E-state index in [2.05, 4.69) is 61.3 Å². The van der Waals surface area contributed by atoms with Gasteiger partial charge in [0.15, 0.2) is 0 Å². The second kappa shape index (κ2) is 5.41. The summed E-state index contributed by atoms with van der Waals surface area (Å²) in [7, 11) is 0. The molecule has 0 saturated carbocycles. The van der Waals surface area contributed by atoms with E-state index in [1.807, 2.05) is 6.07 Å². The Hall–Kier alpha value is -2.61. The number of nitrogens with two attached hydrogens (primary N) is 1. The molecule has 0 aliphatic rings. The SMILES string of the molecule is Cc1cccc(C)c1-c1cccc(-c2cc(N)ccn2)c1. The first kappa shape index (κ1) is 13.4. The molecule has 0 unspecified atom stereocenters. The lowest BCUT2D eigenvalue weighted by Crippen LogP contribution is -1.91. The van der Waals surface area contributed by atoms with Crippen LogP contribution in [0, 0.1) is 13.8 Å². The number of nitrogens with zero attached hydrogens (tertiary/aromatic N) is 1. The summed E-state index contributed by atoms with van der Waals surface area (Å²) in [5, 5.41) is 0. The first-order valence-electron chi connectivity index (χ1n) is 7.04. The predicted octanol–water partition coefficient (Wildman–Crippen LogP) is 4.61.